The average Bonchev–Trinajstić information content (AvgIpc) is 2.88. The molecule has 2 aliphatic heterocycles. The minimum Gasteiger partial charge on any atom is -0.505 e. The highest BCUT2D eigenvalue weighted by atomic mass is 32.2. The maximum Gasteiger partial charge on any atom is 0.165 e. The Hall–Kier alpha value is -0.780. The Kier molecular flexibility index (Phi) is 4.19. The Morgan fingerprint density at radius 2 is 2.40 bits per heavy atom. The summed E-state index contributed by atoms with van der Waals surface area (Å²) in [6.07, 6.45) is 3.11. The third-order valence-electron chi connectivity index (χ3n) is 4.21. The molecule has 0 bridgehead atoms. The first-order chi connectivity index (χ1) is 9.69. The molecular formula is C15H20FNO2S. The van der Waals surface area contributed by atoms with E-state index in [1.165, 1.54) is 11.8 Å². The SMILES string of the molecule is Oc1c(F)cccc1CNC1CCOC2(CCSC2)C1. The van der Waals surface area contributed by atoms with Crippen LogP contribution >= 0.6 is 11.8 Å². The standard InChI is InChI=1S/C15H20FNO2S/c16-13-3-1-2-11(14(13)18)9-17-12-4-6-19-15(8-12)5-7-20-10-15/h1-3,12,17-18H,4-10H2. The predicted octanol–water partition coefficient (Wildman–Crippen LogP) is 2.68. The van der Waals surface area contributed by atoms with E-state index >= 15 is 0 Å². The molecule has 1 aromatic carbocycles. The smallest absolute Gasteiger partial charge is 0.165 e. The third-order valence-corrected chi connectivity index (χ3v) is 5.43. The molecule has 0 radical (unpaired) electrons. The summed E-state index contributed by atoms with van der Waals surface area (Å²) in [6, 6.07) is 5.04. The molecule has 20 heavy (non-hydrogen) atoms. The summed E-state index contributed by atoms with van der Waals surface area (Å²) in [6.45, 7) is 1.28. The molecule has 0 amide bonds. The fourth-order valence-corrected chi connectivity index (χ4v) is 4.40. The van der Waals surface area contributed by atoms with E-state index in [9.17, 15) is 9.50 Å². The molecule has 2 atom stereocenters. The summed E-state index contributed by atoms with van der Waals surface area (Å²) in [5.41, 5.74) is 0.663. The van der Waals surface area contributed by atoms with Crippen LogP contribution in [0.1, 0.15) is 24.8 Å². The zero-order chi connectivity index (χ0) is 14.0. The van der Waals surface area contributed by atoms with Crippen molar-refractivity contribution in [2.45, 2.75) is 37.5 Å². The van der Waals surface area contributed by atoms with Crippen molar-refractivity contribution in [1.82, 2.24) is 5.32 Å². The van der Waals surface area contributed by atoms with E-state index in [1.807, 2.05) is 11.8 Å². The number of thioether (sulfide) groups is 1. The van der Waals surface area contributed by atoms with Gasteiger partial charge in [-0.25, -0.2) is 4.39 Å². The zero-order valence-corrected chi connectivity index (χ0v) is 12.2. The van der Waals surface area contributed by atoms with Crippen LogP contribution in [0.25, 0.3) is 0 Å². The highest BCUT2D eigenvalue weighted by Crippen LogP contribution is 2.38. The third kappa shape index (κ3) is 2.95. The number of hydrogen-bond donors (Lipinski definition) is 2. The van der Waals surface area contributed by atoms with Crippen LogP contribution in [0.15, 0.2) is 18.2 Å². The number of halogens is 1. The van der Waals surface area contributed by atoms with Gasteiger partial charge >= 0.3 is 0 Å². The van der Waals surface area contributed by atoms with Crippen LogP contribution in [0, 0.1) is 5.82 Å². The van der Waals surface area contributed by atoms with Crippen LogP contribution in [0.4, 0.5) is 4.39 Å². The van der Waals surface area contributed by atoms with Gasteiger partial charge in [0.25, 0.3) is 0 Å². The van der Waals surface area contributed by atoms with Crippen molar-refractivity contribution in [3.8, 4) is 5.75 Å². The molecule has 0 aliphatic carbocycles. The number of para-hydroxylation sites is 1. The Bertz CT molecular complexity index is 477. The molecule has 2 N–H and O–H groups in total. The van der Waals surface area contributed by atoms with E-state index in [4.69, 9.17) is 4.74 Å². The fraction of sp³-hybridized carbons (Fsp3) is 0.600. The van der Waals surface area contributed by atoms with Crippen LogP contribution in [0.5, 0.6) is 5.75 Å². The highest BCUT2D eigenvalue weighted by Gasteiger charge is 2.40. The van der Waals surface area contributed by atoms with Crippen molar-refractivity contribution in [1.29, 1.82) is 0 Å². The van der Waals surface area contributed by atoms with E-state index in [2.05, 4.69) is 5.32 Å². The summed E-state index contributed by atoms with van der Waals surface area (Å²) in [5.74, 6) is 1.46. The quantitative estimate of drug-likeness (QED) is 0.900. The zero-order valence-electron chi connectivity index (χ0n) is 11.4. The lowest BCUT2D eigenvalue weighted by Gasteiger charge is -2.38. The molecule has 0 saturated carbocycles. The number of phenolic OH excluding ortho intramolecular Hbond substituents is 1. The summed E-state index contributed by atoms with van der Waals surface area (Å²) in [7, 11) is 0. The minimum atomic E-state index is -0.556. The molecular weight excluding hydrogens is 277 g/mol. The van der Waals surface area contributed by atoms with Gasteiger partial charge in [-0.1, -0.05) is 12.1 Å². The monoisotopic (exact) mass is 297 g/mol. The van der Waals surface area contributed by atoms with Crippen LogP contribution in [0.3, 0.4) is 0 Å². The molecule has 0 aromatic heterocycles. The maximum atomic E-state index is 13.3. The van der Waals surface area contributed by atoms with E-state index in [0.29, 0.717) is 18.2 Å². The fourth-order valence-electron chi connectivity index (χ4n) is 3.02. The predicted molar refractivity (Wildman–Crippen MR) is 78.6 cm³/mol. The Morgan fingerprint density at radius 1 is 1.50 bits per heavy atom. The number of phenols is 1. The number of benzene rings is 1. The molecule has 1 spiro atoms. The number of rotatable bonds is 3. The number of aromatic hydroxyl groups is 1. The van der Waals surface area contributed by atoms with Crippen LogP contribution in [-0.4, -0.2) is 34.9 Å². The highest BCUT2D eigenvalue weighted by molar-refractivity contribution is 7.99. The van der Waals surface area contributed by atoms with Crippen molar-refractivity contribution < 1.29 is 14.2 Å². The normalized spacial score (nSPS) is 29.9. The molecule has 2 saturated heterocycles. The second kappa shape index (κ2) is 5.92. The summed E-state index contributed by atoms with van der Waals surface area (Å²) >= 11 is 1.96. The topological polar surface area (TPSA) is 41.5 Å². The van der Waals surface area contributed by atoms with Crippen LogP contribution < -0.4 is 5.32 Å². The van der Waals surface area contributed by atoms with E-state index in [1.54, 1.807) is 12.1 Å². The van der Waals surface area contributed by atoms with Gasteiger partial charge in [-0.2, -0.15) is 11.8 Å². The molecule has 2 unspecified atom stereocenters. The molecule has 3 rings (SSSR count). The lowest BCUT2D eigenvalue weighted by atomic mass is 9.90. The Balaban J connectivity index is 1.59. The van der Waals surface area contributed by atoms with Gasteiger partial charge in [-0.05, 0) is 31.1 Å². The lowest BCUT2D eigenvalue weighted by Crippen LogP contribution is -2.47. The maximum absolute atomic E-state index is 13.3. The molecule has 5 heteroatoms. The number of hydrogen-bond acceptors (Lipinski definition) is 4. The molecule has 110 valence electrons. The second-order valence-corrected chi connectivity index (χ2v) is 6.76. The molecule has 2 aliphatic rings. The summed E-state index contributed by atoms with van der Waals surface area (Å²) in [5, 5.41) is 13.1. The first-order valence-corrected chi connectivity index (χ1v) is 8.25. The van der Waals surface area contributed by atoms with Crippen molar-refractivity contribution in [3.63, 3.8) is 0 Å². The van der Waals surface area contributed by atoms with E-state index < -0.39 is 5.82 Å². The van der Waals surface area contributed by atoms with Crippen LogP contribution in [0.2, 0.25) is 0 Å². The molecule has 3 nitrogen and oxygen atoms in total. The molecule has 2 fully saturated rings. The first-order valence-electron chi connectivity index (χ1n) is 7.10. The van der Waals surface area contributed by atoms with Gasteiger partial charge in [-0.15, -0.1) is 0 Å². The van der Waals surface area contributed by atoms with Crippen molar-refractivity contribution in [3.05, 3.63) is 29.6 Å². The molecule has 1 aromatic rings. The van der Waals surface area contributed by atoms with Gasteiger partial charge in [0, 0.05) is 30.5 Å². The summed E-state index contributed by atoms with van der Waals surface area (Å²) in [4.78, 5) is 0. The van der Waals surface area contributed by atoms with Gasteiger partial charge in [0.15, 0.2) is 11.6 Å². The summed E-state index contributed by atoms with van der Waals surface area (Å²) < 4.78 is 19.3. The minimum absolute atomic E-state index is 0.0462. The number of ether oxygens (including phenoxy) is 1. The Morgan fingerprint density at radius 3 is 3.20 bits per heavy atom. The van der Waals surface area contributed by atoms with Gasteiger partial charge in [0.2, 0.25) is 0 Å². The number of nitrogens with one attached hydrogen (secondary N) is 1. The average molecular weight is 297 g/mol. The lowest BCUT2D eigenvalue weighted by molar-refractivity contribution is -0.0703. The largest absolute Gasteiger partial charge is 0.505 e. The first kappa shape index (κ1) is 14.2. The van der Waals surface area contributed by atoms with E-state index in [0.717, 1.165) is 31.6 Å². The van der Waals surface area contributed by atoms with Crippen LogP contribution in [-0.2, 0) is 11.3 Å². The van der Waals surface area contributed by atoms with Gasteiger partial charge in [0.05, 0.1) is 5.60 Å². The van der Waals surface area contributed by atoms with Gasteiger partial charge in [-0.3, -0.25) is 0 Å². The van der Waals surface area contributed by atoms with Crippen molar-refractivity contribution in [2.24, 2.45) is 0 Å². The van der Waals surface area contributed by atoms with Crippen molar-refractivity contribution in [2.75, 3.05) is 18.1 Å². The Labute approximate surface area is 122 Å². The van der Waals surface area contributed by atoms with E-state index in [-0.39, 0.29) is 11.4 Å². The second-order valence-electron chi connectivity index (χ2n) is 5.65. The van der Waals surface area contributed by atoms with Gasteiger partial charge in [0.1, 0.15) is 0 Å². The van der Waals surface area contributed by atoms with Crippen molar-refractivity contribution >= 4 is 11.8 Å². The van der Waals surface area contributed by atoms with Gasteiger partial charge < -0.3 is 15.2 Å². The molecule has 2 heterocycles.